The standard InChI is InChI=1S/C25H23N3O6S/c1-33-18-10-8-16(22(14-18)34-2)9-13-23(29)28-21-12-11-19(35(26,31)32)15-20(21)27-25(30)24(28)17-6-4-3-5-7-17/h3-15,24H,1-2H3,(H,27,30)(H2,26,31,32)/b13-9+. The van der Waals surface area contributed by atoms with Crippen molar-refractivity contribution in [1.82, 2.24) is 0 Å². The van der Waals surface area contributed by atoms with Gasteiger partial charge in [0.05, 0.1) is 30.5 Å². The van der Waals surface area contributed by atoms with Crippen LogP contribution >= 0.6 is 0 Å². The number of primary sulfonamides is 1. The third-order valence-electron chi connectivity index (χ3n) is 5.52. The number of rotatable bonds is 6. The van der Waals surface area contributed by atoms with Gasteiger partial charge in [-0.05, 0) is 42.0 Å². The fraction of sp³-hybridized carbons (Fsp3) is 0.120. The lowest BCUT2D eigenvalue weighted by molar-refractivity contribution is -0.121. The molecule has 3 N–H and O–H groups in total. The molecule has 0 bridgehead atoms. The van der Waals surface area contributed by atoms with Gasteiger partial charge in [0, 0.05) is 17.7 Å². The Hall–Kier alpha value is -4.15. The number of nitrogens with one attached hydrogen (secondary N) is 1. The summed E-state index contributed by atoms with van der Waals surface area (Å²) < 4.78 is 34.2. The third-order valence-corrected chi connectivity index (χ3v) is 6.43. The first-order valence-corrected chi connectivity index (χ1v) is 12.0. The molecule has 3 aromatic carbocycles. The molecule has 1 aliphatic rings. The van der Waals surface area contributed by atoms with Crippen LogP contribution in [0.3, 0.4) is 0 Å². The Morgan fingerprint density at radius 1 is 1.03 bits per heavy atom. The van der Waals surface area contributed by atoms with Gasteiger partial charge in [0.2, 0.25) is 10.0 Å². The summed E-state index contributed by atoms with van der Waals surface area (Å²) >= 11 is 0. The van der Waals surface area contributed by atoms with Gasteiger partial charge in [0.1, 0.15) is 17.5 Å². The van der Waals surface area contributed by atoms with Crippen molar-refractivity contribution in [3.8, 4) is 11.5 Å². The van der Waals surface area contributed by atoms with Crippen molar-refractivity contribution in [2.45, 2.75) is 10.9 Å². The van der Waals surface area contributed by atoms with E-state index in [0.717, 1.165) is 0 Å². The highest BCUT2D eigenvalue weighted by Crippen LogP contribution is 2.40. The Labute approximate surface area is 202 Å². The molecule has 1 atom stereocenters. The van der Waals surface area contributed by atoms with Crippen LogP contribution in [0.4, 0.5) is 11.4 Å². The van der Waals surface area contributed by atoms with Crippen LogP contribution in [-0.2, 0) is 19.6 Å². The van der Waals surface area contributed by atoms with E-state index in [4.69, 9.17) is 14.6 Å². The minimum atomic E-state index is -4.01. The number of benzene rings is 3. The second-order valence-electron chi connectivity index (χ2n) is 7.68. The van der Waals surface area contributed by atoms with Crippen LogP contribution in [0, 0.1) is 0 Å². The highest BCUT2D eigenvalue weighted by molar-refractivity contribution is 7.89. The van der Waals surface area contributed by atoms with Crippen LogP contribution in [0.5, 0.6) is 11.5 Å². The van der Waals surface area contributed by atoms with Crippen molar-refractivity contribution in [3.05, 3.63) is 83.9 Å². The van der Waals surface area contributed by atoms with Gasteiger partial charge in [0.25, 0.3) is 11.8 Å². The Bertz CT molecular complexity index is 1420. The largest absolute Gasteiger partial charge is 0.497 e. The first-order valence-electron chi connectivity index (χ1n) is 10.5. The molecule has 0 fully saturated rings. The molecule has 10 heteroatoms. The summed E-state index contributed by atoms with van der Waals surface area (Å²) in [7, 11) is -0.963. The normalized spacial score (nSPS) is 15.5. The zero-order valence-corrected chi connectivity index (χ0v) is 19.8. The second-order valence-corrected chi connectivity index (χ2v) is 9.24. The lowest BCUT2D eigenvalue weighted by atomic mass is 9.99. The van der Waals surface area contributed by atoms with Gasteiger partial charge in [-0.25, -0.2) is 13.6 Å². The number of hydrogen-bond donors (Lipinski definition) is 2. The summed E-state index contributed by atoms with van der Waals surface area (Å²) in [6.45, 7) is 0. The van der Waals surface area contributed by atoms with Crippen LogP contribution in [0.1, 0.15) is 17.2 Å². The highest BCUT2D eigenvalue weighted by Gasteiger charge is 2.37. The van der Waals surface area contributed by atoms with Gasteiger partial charge >= 0.3 is 0 Å². The second kappa shape index (κ2) is 9.61. The Morgan fingerprint density at radius 2 is 1.77 bits per heavy atom. The van der Waals surface area contributed by atoms with Gasteiger partial charge in [0.15, 0.2) is 0 Å². The first-order chi connectivity index (χ1) is 16.7. The molecular weight excluding hydrogens is 470 g/mol. The molecule has 4 rings (SSSR count). The van der Waals surface area contributed by atoms with E-state index < -0.39 is 27.9 Å². The van der Waals surface area contributed by atoms with E-state index in [-0.39, 0.29) is 10.6 Å². The highest BCUT2D eigenvalue weighted by atomic mass is 32.2. The van der Waals surface area contributed by atoms with E-state index >= 15 is 0 Å². The SMILES string of the molecule is COc1ccc(/C=C/C(=O)N2c3ccc(S(N)(=O)=O)cc3NC(=O)C2c2ccccc2)c(OC)c1. The molecule has 0 aliphatic carbocycles. The zero-order chi connectivity index (χ0) is 25.2. The minimum Gasteiger partial charge on any atom is -0.497 e. The quantitative estimate of drug-likeness (QED) is 0.508. The molecule has 0 spiro atoms. The molecule has 1 aliphatic heterocycles. The summed E-state index contributed by atoms with van der Waals surface area (Å²) in [5.41, 5.74) is 1.72. The first kappa shape index (κ1) is 24.0. The van der Waals surface area contributed by atoms with Crippen molar-refractivity contribution in [2.24, 2.45) is 5.14 Å². The molecule has 1 unspecified atom stereocenters. The predicted molar refractivity (Wildman–Crippen MR) is 132 cm³/mol. The van der Waals surface area contributed by atoms with Crippen molar-refractivity contribution in [3.63, 3.8) is 0 Å². The lowest BCUT2D eigenvalue weighted by Gasteiger charge is -2.36. The maximum Gasteiger partial charge on any atom is 0.252 e. The summed E-state index contributed by atoms with van der Waals surface area (Å²) in [6, 6.07) is 17.0. The molecule has 1 heterocycles. The predicted octanol–water partition coefficient (Wildman–Crippen LogP) is 3.09. The molecule has 2 amide bonds. The molecule has 9 nitrogen and oxygen atoms in total. The third kappa shape index (κ3) is 4.88. The number of nitrogens with two attached hydrogens (primary N) is 1. The van der Waals surface area contributed by atoms with Crippen LogP contribution in [0.15, 0.2) is 77.7 Å². The van der Waals surface area contributed by atoms with Gasteiger partial charge in [-0.2, -0.15) is 0 Å². The minimum absolute atomic E-state index is 0.164. The molecule has 0 radical (unpaired) electrons. The monoisotopic (exact) mass is 493 g/mol. The Kier molecular flexibility index (Phi) is 6.59. The average molecular weight is 494 g/mol. The maximum absolute atomic E-state index is 13.5. The fourth-order valence-electron chi connectivity index (χ4n) is 3.84. The fourth-order valence-corrected chi connectivity index (χ4v) is 4.38. The van der Waals surface area contributed by atoms with Gasteiger partial charge in [-0.3, -0.25) is 14.5 Å². The Morgan fingerprint density at radius 3 is 2.43 bits per heavy atom. The van der Waals surface area contributed by atoms with E-state index in [2.05, 4.69) is 5.32 Å². The van der Waals surface area contributed by atoms with E-state index in [1.807, 2.05) is 0 Å². The van der Waals surface area contributed by atoms with E-state index in [0.29, 0.717) is 28.3 Å². The van der Waals surface area contributed by atoms with Crippen molar-refractivity contribution in [1.29, 1.82) is 0 Å². The summed E-state index contributed by atoms with van der Waals surface area (Å²) in [5, 5.41) is 7.94. The van der Waals surface area contributed by atoms with E-state index in [1.54, 1.807) is 54.6 Å². The van der Waals surface area contributed by atoms with Crippen LogP contribution in [0.25, 0.3) is 6.08 Å². The average Bonchev–Trinajstić information content (AvgIpc) is 2.85. The van der Waals surface area contributed by atoms with Gasteiger partial charge < -0.3 is 14.8 Å². The summed E-state index contributed by atoms with van der Waals surface area (Å²) in [6.07, 6.45) is 2.91. The number of carbonyl (C=O) groups is 2. The topological polar surface area (TPSA) is 128 Å². The molecule has 0 saturated heterocycles. The van der Waals surface area contributed by atoms with Crippen LogP contribution in [0.2, 0.25) is 0 Å². The van der Waals surface area contributed by atoms with Crippen molar-refractivity contribution >= 4 is 39.3 Å². The molecule has 180 valence electrons. The number of ether oxygens (including phenoxy) is 2. The number of amides is 2. The van der Waals surface area contributed by atoms with Gasteiger partial charge in [-0.15, -0.1) is 0 Å². The van der Waals surface area contributed by atoms with Crippen molar-refractivity contribution < 1.29 is 27.5 Å². The number of sulfonamides is 1. The van der Waals surface area contributed by atoms with E-state index in [1.165, 1.54) is 43.4 Å². The number of nitrogens with zero attached hydrogens (tertiary/aromatic N) is 1. The van der Waals surface area contributed by atoms with Crippen LogP contribution < -0.4 is 24.8 Å². The summed E-state index contributed by atoms with van der Waals surface area (Å²) in [5.74, 6) is 0.125. The molecule has 3 aromatic rings. The van der Waals surface area contributed by atoms with Crippen LogP contribution in [-0.4, -0.2) is 34.5 Å². The van der Waals surface area contributed by atoms with Gasteiger partial charge in [-0.1, -0.05) is 30.3 Å². The number of hydrogen-bond acceptors (Lipinski definition) is 6. The maximum atomic E-state index is 13.5. The van der Waals surface area contributed by atoms with E-state index in [9.17, 15) is 18.0 Å². The molecule has 0 aromatic heterocycles. The Balaban J connectivity index is 1.79. The number of fused-ring (bicyclic) bond motifs is 1. The number of carbonyl (C=O) groups excluding carboxylic acids is 2. The number of methoxy groups -OCH3 is 2. The number of anilines is 2. The lowest BCUT2D eigenvalue weighted by Crippen LogP contribution is -2.44. The zero-order valence-electron chi connectivity index (χ0n) is 19.0. The smallest absolute Gasteiger partial charge is 0.252 e. The molecular formula is C25H23N3O6S. The van der Waals surface area contributed by atoms with Crippen molar-refractivity contribution in [2.75, 3.05) is 24.4 Å². The molecule has 0 saturated carbocycles. The summed E-state index contributed by atoms with van der Waals surface area (Å²) in [4.78, 5) is 27.8. The molecule has 35 heavy (non-hydrogen) atoms.